The molecular weight excluding hydrogens is 1020 g/mol. The minimum absolute atomic E-state index is 0.0825. The number of rotatable bonds is 38. The van der Waals surface area contributed by atoms with E-state index in [2.05, 4.69) is 290 Å². The van der Waals surface area contributed by atoms with Crippen molar-refractivity contribution in [3.8, 4) is 0 Å². The number of hydrogen-bond acceptors (Lipinski definition) is 4. The van der Waals surface area contributed by atoms with Gasteiger partial charge in [0.15, 0.2) is 0 Å². The van der Waals surface area contributed by atoms with Crippen LogP contribution in [0, 0.1) is 10.8 Å². The van der Waals surface area contributed by atoms with Crippen LogP contribution in [-0.2, 0) is 19.1 Å². The second kappa shape index (κ2) is 45.9. The molecule has 2 rings (SSSR count). The lowest BCUT2D eigenvalue weighted by atomic mass is 9.71. The third kappa shape index (κ3) is 36.9. The Morgan fingerprint density at radius 1 is 0.405 bits per heavy atom. The predicted octanol–water partition coefficient (Wildman–Crippen LogP) is 23.5. The van der Waals surface area contributed by atoms with Gasteiger partial charge in [-0.1, -0.05) is 282 Å². The van der Waals surface area contributed by atoms with Gasteiger partial charge < -0.3 is 9.47 Å². The average molecular weight is 1140 g/mol. The molecule has 0 aliphatic heterocycles. The maximum atomic E-state index is 12.8. The van der Waals surface area contributed by atoms with Gasteiger partial charge in [0.25, 0.3) is 0 Å². The van der Waals surface area contributed by atoms with Gasteiger partial charge >= 0.3 is 11.9 Å². The summed E-state index contributed by atoms with van der Waals surface area (Å²) in [5.74, 6) is -0.178. The van der Waals surface area contributed by atoms with Crippen LogP contribution in [0.4, 0.5) is 0 Å². The number of ether oxygens (including phenoxy) is 2. The number of unbranched alkanes of at least 4 members (excludes halogenated alkanes) is 2. The van der Waals surface area contributed by atoms with Crippen LogP contribution in [0.5, 0.6) is 0 Å². The largest absolute Gasteiger partial charge is 0.462 e. The molecule has 0 saturated heterocycles. The van der Waals surface area contributed by atoms with Crippen LogP contribution in [0.15, 0.2) is 251 Å². The van der Waals surface area contributed by atoms with E-state index < -0.39 is 0 Å². The summed E-state index contributed by atoms with van der Waals surface area (Å²) < 4.78 is 12.0. The molecule has 0 aromatic carbocycles. The third-order valence-corrected chi connectivity index (χ3v) is 14.6. The number of allylic oxidation sites excluding steroid dienone is 40. The molecule has 2 aliphatic carbocycles. The highest BCUT2D eigenvalue weighted by Gasteiger charge is 2.35. The lowest BCUT2D eigenvalue weighted by Gasteiger charge is -2.37. The molecule has 0 heterocycles. The molecule has 0 amide bonds. The van der Waals surface area contributed by atoms with E-state index in [9.17, 15) is 9.59 Å². The van der Waals surface area contributed by atoms with Gasteiger partial charge in [-0.05, 0) is 166 Å². The van der Waals surface area contributed by atoms with Gasteiger partial charge in [-0.15, -0.1) is 0 Å². The van der Waals surface area contributed by atoms with E-state index in [0.29, 0.717) is 12.8 Å². The van der Waals surface area contributed by atoms with Crippen molar-refractivity contribution in [2.45, 2.75) is 224 Å². The van der Waals surface area contributed by atoms with Gasteiger partial charge in [0.1, 0.15) is 12.2 Å². The summed E-state index contributed by atoms with van der Waals surface area (Å²) in [4.78, 5) is 25.6. The fourth-order valence-corrected chi connectivity index (χ4v) is 10.2. The zero-order valence-electron chi connectivity index (χ0n) is 54.6. The molecule has 4 heteroatoms. The van der Waals surface area contributed by atoms with E-state index in [1.807, 2.05) is 0 Å². The molecule has 2 unspecified atom stereocenters. The molecule has 84 heavy (non-hydrogen) atoms. The van der Waals surface area contributed by atoms with Crippen molar-refractivity contribution < 1.29 is 19.1 Å². The smallest absolute Gasteiger partial charge is 0.306 e. The standard InChI is InChI=1S/C80H112O4/c1-13-15-17-19-21-23-25-27-29-31-33-35-37-39-41-43-45-57-77(81)83-73-63-71(7)75(79(9,10)65-73)61-59-69(5)55-49-53-67(3)51-47-48-52-68(4)54-50-56-70(6)60-62-76-72(8)64-74(66-80(76,11)12)84-78(82)58-46-44-42-40-38-36-34-32-30-28-26-24-22-20-18-16-14-2/h15-18,21-24,27-30,33-36,39-42,47-56,59-62,73-74H,13-14,19-20,25-26,31-32,37-38,43-46,57-58,63-66H2,1-12H3/b17-15-,18-16-,23-21-,24-22-,29-27-,30-28-,35-33-,36-34-,41-39-,42-40-,48-47+,53-49+,54-50+,61-59+,62-60+,67-51+,68-52+,69-55+,70-56+. The van der Waals surface area contributed by atoms with Gasteiger partial charge in [0.2, 0.25) is 0 Å². The molecule has 0 radical (unpaired) electrons. The lowest BCUT2D eigenvalue weighted by Crippen LogP contribution is -2.31. The average Bonchev–Trinajstić information content (AvgIpc) is 3.52. The molecule has 0 N–H and O–H groups in total. The maximum Gasteiger partial charge on any atom is 0.306 e. The summed E-state index contributed by atoms with van der Waals surface area (Å²) in [6, 6.07) is 0. The summed E-state index contributed by atoms with van der Waals surface area (Å²) in [5, 5.41) is 0. The SMILES string of the molecule is CC/C=C\C/C=C\C/C=C\C/C=C\C/C=C\CCCC(=O)OC1CC(C)=C(/C=C/C(C)=C/C=C/C(C)=C/C=C/C=C(C)/C=C/C=C(C)/C=C/C2=C(C)CC(OC(=O)CCC/C=C\C/C=C\C/C=C\C/C=C\C/C=C\CC)CC2(C)C)C(C)(C)C1. The zero-order chi connectivity index (χ0) is 61.5. The molecule has 0 spiro atoms. The second-order valence-corrected chi connectivity index (χ2v) is 23.8. The lowest BCUT2D eigenvalue weighted by molar-refractivity contribution is -0.151. The molecule has 2 atom stereocenters. The van der Waals surface area contributed by atoms with Crippen molar-refractivity contribution in [2.24, 2.45) is 10.8 Å². The fourth-order valence-electron chi connectivity index (χ4n) is 10.2. The van der Waals surface area contributed by atoms with Crippen LogP contribution in [-0.4, -0.2) is 24.1 Å². The van der Waals surface area contributed by atoms with Crippen LogP contribution in [0.2, 0.25) is 0 Å². The first kappa shape index (κ1) is 73.6. The van der Waals surface area contributed by atoms with Crippen molar-refractivity contribution in [2.75, 3.05) is 0 Å². The summed E-state index contributed by atoms with van der Waals surface area (Å²) in [6.07, 6.45) is 91.4. The summed E-state index contributed by atoms with van der Waals surface area (Å²) in [6.45, 7) is 26.2. The van der Waals surface area contributed by atoms with Crippen molar-refractivity contribution in [1.82, 2.24) is 0 Å². The number of hydrogen-bond donors (Lipinski definition) is 0. The number of esters is 2. The summed E-state index contributed by atoms with van der Waals surface area (Å²) in [7, 11) is 0. The van der Waals surface area contributed by atoms with E-state index in [1.54, 1.807) is 0 Å². The third-order valence-electron chi connectivity index (χ3n) is 14.6. The molecule has 0 bridgehead atoms. The van der Waals surface area contributed by atoms with E-state index in [0.717, 1.165) is 116 Å². The summed E-state index contributed by atoms with van der Waals surface area (Å²) >= 11 is 0. The van der Waals surface area contributed by atoms with E-state index >= 15 is 0 Å². The predicted molar refractivity (Wildman–Crippen MR) is 369 cm³/mol. The zero-order valence-corrected chi connectivity index (χ0v) is 54.6. The van der Waals surface area contributed by atoms with Crippen LogP contribution < -0.4 is 0 Å². The highest BCUT2D eigenvalue weighted by molar-refractivity contribution is 5.70. The van der Waals surface area contributed by atoms with Crippen molar-refractivity contribution >= 4 is 11.9 Å². The van der Waals surface area contributed by atoms with Gasteiger partial charge in [-0.2, -0.15) is 0 Å². The monoisotopic (exact) mass is 1140 g/mol. The highest BCUT2D eigenvalue weighted by atomic mass is 16.5. The number of carbonyl (C=O) groups excluding carboxylic acids is 2. The van der Waals surface area contributed by atoms with Gasteiger partial charge in [0, 0.05) is 25.7 Å². The number of carbonyl (C=O) groups is 2. The Bertz CT molecular complexity index is 2440. The van der Waals surface area contributed by atoms with Crippen LogP contribution >= 0.6 is 0 Å². The second-order valence-electron chi connectivity index (χ2n) is 23.8. The molecular formula is C80H112O4. The van der Waals surface area contributed by atoms with Crippen molar-refractivity contribution in [1.29, 1.82) is 0 Å². The first-order chi connectivity index (χ1) is 40.5. The van der Waals surface area contributed by atoms with Crippen molar-refractivity contribution in [3.63, 3.8) is 0 Å². The molecule has 4 nitrogen and oxygen atoms in total. The topological polar surface area (TPSA) is 52.6 Å². The van der Waals surface area contributed by atoms with E-state index in [4.69, 9.17) is 9.47 Å². The van der Waals surface area contributed by atoms with E-state index in [-0.39, 0.29) is 35.0 Å². The minimum atomic E-state index is -0.0901. The molecule has 0 aromatic heterocycles. The Balaban J connectivity index is 1.74. The molecule has 2 aliphatic rings. The Hall–Kier alpha value is -6.52. The molecule has 0 aromatic rings. The van der Waals surface area contributed by atoms with Gasteiger partial charge in [-0.3, -0.25) is 9.59 Å². The molecule has 0 fully saturated rings. The van der Waals surface area contributed by atoms with Crippen LogP contribution in [0.1, 0.15) is 212 Å². The Labute approximate surface area is 514 Å². The fraction of sp³-hybridized carbons (Fsp3) is 0.450. The summed E-state index contributed by atoms with van der Waals surface area (Å²) in [5.41, 5.74) is 9.74. The van der Waals surface area contributed by atoms with E-state index in [1.165, 1.54) is 44.6 Å². The molecule has 456 valence electrons. The highest BCUT2D eigenvalue weighted by Crippen LogP contribution is 2.43. The Morgan fingerprint density at radius 2 is 0.679 bits per heavy atom. The van der Waals surface area contributed by atoms with Crippen LogP contribution in [0.3, 0.4) is 0 Å². The normalized spacial score (nSPS) is 19.3. The Kier molecular flexibility index (Phi) is 40.2. The van der Waals surface area contributed by atoms with Crippen molar-refractivity contribution in [3.05, 3.63) is 251 Å². The molecule has 0 saturated carbocycles. The minimum Gasteiger partial charge on any atom is -0.462 e. The van der Waals surface area contributed by atoms with Gasteiger partial charge in [0.05, 0.1) is 0 Å². The quantitative estimate of drug-likeness (QED) is 0.0268. The maximum absolute atomic E-state index is 12.8. The first-order valence-electron chi connectivity index (χ1n) is 31.8. The van der Waals surface area contributed by atoms with Crippen LogP contribution in [0.25, 0.3) is 0 Å². The van der Waals surface area contributed by atoms with Gasteiger partial charge in [-0.25, -0.2) is 0 Å². The first-order valence-corrected chi connectivity index (χ1v) is 31.8. The Morgan fingerprint density at radius 3 is 0.976 bits per heavy atom.